The number of aromatic nitrogens is 1. The zero-order valence-corrected chi connectivity index (χ0v) is 12.2. The predicted molar refractivity (Wildman–Crippen MR) is 82.7 cm³/mol. The highest BCUT2D eigenvalue weighted by Crippen LogP contribution is 2.17. The second kappa shape index (κ2) is 6.28. The van der Waals surface area contributed by atoms with Crippen molar-refractivity contribution in [3.05, 3.63) is 56.3 Å². The van der Waals surface area contributed by atoms with Gasteiger partial charge in [-0.25, -0.2) is 9.78 Å². The van der Waals surface area contributed by atoms with Gasteiger partial charge >= 0.3 is 6.03 Å². The number of nitro benzene ring substituents is 1. The van der Waals surface area contributed by atoms with Crippen LogP contribution in [0.15, 0.2) is 42.6 Å². The maximum Gasteiger partial charge on any atom is 0.324 e. The van der Waals surface area contributed by atoms with E-state index in [1.165, 1.54) is 18.2 Å². The molecule has 2 amide bonds. The molecule has 0 aliphatic rings. The number of nitrogens with one attached hydrogen (secondary N) is 2. The Morgan fingerprint density at radius 2 is 2.05 bits per heavy atom. The molecule has 0 radical (unpaired) electrons. The maximum absolute atomic E-state index is 11.7. The second-order valence-corrected chi connectivity index (χ2v) is 4.99. The lowest BCUT2D eigenvalue weighted by Gasteiger charge is -2.06. The minimum absolute atomic E-state index is 0.0878. The highest BCUT2D eigenvalue weighted by atomic mass is 127. The van der Waals surface area contributed by atoms with E-state index in [1.807, 2.05) is 0 Å². The van der Waals surface area contributed by atoms with E-state index >= 15 is 0 Å². The van der Waals surface area contributed by atoms with Crippen LogP contribution in [0.1, 0.15) is 0 Å². The van der Waals surface area contributed by atoms with Gasteiger partial charge in [0, 0.05) is 27.6 Å². The lowest BCUT2D eigenvalue weighted by molar-refractivity contribution is -0.384. The molecule has 1 heterocycles. The van der Waals surface area contributed by atoms with Crippen LogP contribution in [0, 0.1) is 13.7 Å². The third kappa shape index (κ3) is 3.88. The van der Waals surface area contributed by atoms with Gasteiger partial charge in [-0.1, -0.05) is 6.07 Å². The van der Waals surface area contributed by atoms with Crippen molar-refractivity contribution in [2.75, 3.05) is 10.6 Å². The third-order valence-corrected chi connectivity index (χ3v) is 2.92. The van der Waals surface area contributed by atoms with Crippen molar-refractivity contribution >= 4 is 45.8 Å². The van der Waals surface area contributed by atoms with Crippen molar-refractivity contribution in [3.63, 3.8) is 0 Å². The Kier molecular flexibility index (Phi) is 4.45. The number of anilines is 2. The molecule has 2 rings (SSSR count). The van der Waals surface area contributed by atoms with E-state index in [2.05, 4.69) is 38.2 Å². The van der Waals surface area contributed by atoms with E-state index in [-0.39, 0.29) is 5.69 Å². The van der Waals surface area contributed by atoms with Gasteiger partial charge in [0.1, 0.15) is 5.82 Å². The Labute approximate surface area is 127 Å². The molecule has 0 aliphatic heterocycles. The van der Waals surface area contributed by atoms with Crippen molar-refractivity contribution in [2.45, 2.75) is 0 Å². The Morgan fingerprint density at radius 1 is 1.25 bits per heavy atom. The molecule has 7 nitrogen and oxygen atoms in total. The van der Waals surface area contributed by atoms with Crippen LogP contribution < -0.4 is 10.6 Å². The highest BCUT2D eigenvalue weighted by molar-refractivity contribution is 14.1. The molecular formula is C12H9IN4O3. The second-order valence-electron chi connectivity index (χ2n) is 3.75. The molecule has 0 fully saturated rings. The zero-order valence-electron chi connectivity index (χ0n) is 10.0. The van der Waals surface area contributed by atoms with Gasteiger partial charge in [-0.2, -0.15) is 0 Å². The molecular weight excluding hydrogens is 375 g/mol. The van der Waals surface area contributed by atoms with Gasteiger partial charge in [0.05, 0.1) is 4.92 Å². The molecule has 0 spiro atoms. The molecule has 0 saturated heterocycles. The normalized spacial score (nSPS) is 9.85. The summed E-state index contributed by atoms with van der Waals surface area (Å²) < 4.78 is 0.951. The number of amides is 2. The van der Waals surface area contributed by atoms with Gasteiger partial charge < -0.3 is 5.32 Å². The quantitative estimate of drug-likeness (QED) is 0.482. The van der Waals surface area contributed by atoms with Crippen molar-refractivity contribution in [2.24, 2.45) is 0 Å². The summed E-state index contributed by atoms with van der Waals surface area (Å²) >= 11 is 2.10. The largest absolute Gasteiger partial charge is 0.324 e. The van der Waals surface area contributed by atoms with E-state index < -0.39 is 11.0 Å². The third-order valence-electron chi connectivity index (χ3n) is 2.28. The molecule has 0 saturated carbocycles. The number of nitrogens with zero attached hydrogens (tertiary/aromatic N) is 2. The van der Waals surface area contributed by atoms with Crippen LogP contribution in [0.2, 0.25) is 0 Å². The fourth-order valence-electron chi connectivity index (χ4n) is 1.43. The Morgan fingerprint density at radius 3 is 2.70 bits per heavy atom. The van der Waals surface area contributed by atoms with E-state index in [0.29, 0.717) is 11.5 Å². The maximum atomic E-state index is 11.7. The number of benzene rings is 1. The van der Waals surface area contributed by atoms with Crippen molar-refractivity contribution in [1.82, 2.24) is 4.98 Å². The van der Waals surface area contributed by atoms with E-state index in [9.17, 15) is 14.9 Å². The fourth-order valence-corrected chi connectivity index (χ4v) is 1.74. The first-order valence-corrected chi connectivity index (χ1v) is 6.56. The standard InChI is InChI=1S/C12H9IN4O3/c13-8-4-5-11(14-7-8)16-12(18)15-9-2-1-3-10(6-9)17(19)20/h1-7H,(H2,14,15,16,18). The van der Waals surface area contributed by atoms with Gasteiger partial charge in [-0.05, 0) is 40.8 Å². The number of hydrogen-bond donors (Lipinski definition) is 2. The number of non-ortho nitro benzene ring substituents is 1. The zero-order chi connectivity index (χ0) is 14.5. The van der Waals surface area contributed by atoms with Crippen LogP contribution in [0.5, 0.6) is 0 Å². The van der Waals surface area contributed by atoms with E-state index in [1.54, 1.807) is 24.4 Å². The minimum atomic E-state index is -0.524. The number of carbonyl (C=O) groups excluding carboxylic acids is 1. The molecule has 1 aromatic heterocycles. The summed E-state index contributed by atoms with van der Waals surface area (Å²) in [6.07, 6.45) is 1.61. The first-order chi connectivity index (χ1) is 9.54. The number of urea groups is 1. The summed E-state index contributed by atoms with van der Waals surface area (Å²) in [5.41, 5.74) is 0.248. The molecule has 0 unspecified atom stereocenters. The Hall–Kier alpha value is -2.23. The average molecular weight is 384 g/mol. The van der Waals surface area contributed by atoms with Gasteiger partial charge in [-0.15, -0.1) is 0 Å². The van der Waals surface area contributed by atoms with Crippen LogP contribution in [0.3, 0.4) is 0 Å². The number of hydrogen-bond acceptors (Lipinski definition) is 4. The topological polar surface area (TPSA) is 97.2 Å². The monoisotopic (exact) mass is 384 g/mol. The molecule has 2 aromatic rings. The summed E-state index contributed by atoms with van der Waals surface area (Å²) in [7, 11) is 0. The summed E-state index contributed by atoms with van der Waals surface area (Å²) in [6.45, 7) is 0. The summed E-state index contributed by atoms with van der Waals surface area (Å²) in [5.74, 6) is 0.397. The van der Waals surface area contributed by atoms with Gasteiger partial charge in [0.25, 0.3) is 5.69 Å². The smallest absolute Gasteiger partial charge is 0.307 e. The van der Waals surface area contributed by atoms with Crippen molar-refractivity contribution in [1.29, 1.82) is 0 Å². The SMILES string of the molecule is O=C(Nc1cccc([N+](=O)[O-])c1)Nc1ccc(I)cn1. The van der Waals surface area contributed by atoms with Gasteiger partial charge in [0.2, 0.25) is 0 Å². The molecule has 2 N–H and O–H groups in total. The van der Waals surface area contributed by atoms with Crippen LogP contribution in [0.25, 0.3) is 0 Å². The molecule has 0 atom stereocenters. The lowest BCUT2D eigenvalue weighted by Crippen LogP contribution is -2.20. The number of rotatable bonds is 3. The minimum Gasteiger partial charge on any atom is -0.307 e. The first-order valence-electron chi connectivity index (χ1n) is 5.48. The highest BCUT2D eigenvalue weighted by Gasteiger charge is 2.08. The average Bonchev–Trinajstić information content (AvgIpc) is 2.41. The number of halogens is 1. The molecule has 102 valence electrons. The van der Waals surface area contributed by atoms with Gasteiger partial charge in [0.15, 0.2) is 0 Å². The number of pyridine rings is 1. The molecule has 1 aromatic carbocycles. The predicted octanol–water partition coefficient (Wildman–Crippen LogP) is 3.24. The Balaban J connectivity index is 2.02. The lowest BCUT2D eigenvalue weighted by atomic mass is 10.3. The van der Waals surface area contributed by atoms with Crippen LogP contribution in [-0.4, -0.2) is 15.9 Å². The number of carbonyl (C=O) groups is 1. The summed E-state index contributed by atoms with van der Waals surface area (Å²) in [5, 5.41) is 15.7. The van der Waals surface area contributed by atoms with Crippen LogP contribution in [0.4, 0.5) is 22.0 Å². The molecule has 8 heteroatoms. The number of nitro groups is 1. The molecule has 20 heavy (non-hydrogen) atoms. The fraction of sp³-hybridized carbons (Fsp3) is 0. The first kappa shape index (κ1) is 14.2. The summed E-state index contributed by atoms with van der Waals surface area (Å²) in [6, 6.07) is 8.64. The van der Waals surface area contributed by atoms with Gasteiger partial charge in [-0.3, -0.25) is 15.4 Å². The van der Waals surface area contributed by atoms with Crippen molar-refractivity contribution < 1.29 is 9.72 Å². The van der Waals surface area contributed by atoms with Crippen LogP contribution >= 0.6 is 22.6 Å². The van der Waals surface area contributed by atoms with E-state index in [4.69, 9.17) is 0 Å². The van der Waals surface area contributed by atoms with Crippen molar-refractivity contribution in [3.8, 4) is 0 Å². The van der Waals surface area contributed by atoms with E-state index in [0.717, 1.165) is 3.57 Å². The molecule has 0 aliphatic carbocycles. The molecule has 0 bridgehead atoms. The Bertz CT molecular complexity index is 645. The summed E-state index contributed by atoms with van der Waals surface area (Å²) in [4.78, 5) is 25.8. The van der Waals surface area contributed by atoms with Crippen LogP contribution in [-0.2, 0) is 0 Å².